The number of hydrogen-bond donors (Lipinski definition) is 1. The minimum atomic E-state index is -0.886. The number of aromatic nitrogens is 1. The predicted molar refractivity (Wildman–Crippen MR) is 144 cm³/mol. The van der Waals surface area contributed by atoms with Crippen LogP contribution in [0, 0.1) is 13.8 Å². The minimum Gasteiger partial charge on any atom is -0.507 e. The van der Waals surface area contributed by atoms with Gasteiger partial charge in [-0.3, -0.25) is 14.5 Å². The molecule has 1 fully saturated rings. The van der Waals surface area contributed by atoms with Gasteiger partial charge in [0.25, 0.3) is 5.78 Å². The van der Waals surface area contributed by atoms with Crippen LogP contribution in [0.25, 0.3) is 16.0 Å². The first-order chi connectivity index (χ1) is 17.8. The third-order valence-corrected chi connectivity index (χ3v) is 7.32. The third-order valence-electron chi connectivity index (χ3n) is 6.32. The van der Waals surface area contributed by atoms with Crippen LogP contribution in [0.1, 0.15) is 35.2 Å². The molecule has 1 aliphatic rings. The number of aliphatic hydroxyl groups excluding tert-OH is 1. The zero-order chi connectivity index (χ0) is 26.3. The van der Waals surface area contributed by atoms with E-state index in [0.717, 1.165) is 21.3 Å². The molecule has 0 bridgehead atoms. The van der Waals surface area contributed by atoms with Gasteiger partial charge in [0.1, 0.15) is 17.3 Å². The van der Waals surface area contributed by atoms with E-state index in [2.05, 4.69) is 0 Å². The Morgan fingerprint density at radius 2 is 1.81 bits per heavy atom. The summed E-state index contributed by atoms with van der Waals surface area (Å²) in [5.74, 6) is -0.561. The van der Waals surface area contributed by atoms with Crippen molar-refractivity contribution in [2.24, 2.45) is 0 Å². The smallest absolute Gasteiger partial charge is 0.301 e. The number of hydrogen-bond acceptors (Lipinski definition) is 7. The van der Waals surface area contributed by atoms with Crippen molar-refractivity contribution < 1.29 is 24.2 Å². The van der Waals surface area contributed by atoms with Gasteiger partial charge < -0.3 is 14.6 Å². The molecule has 0 unspecified atom stereocenters. The second-order valence-corrected chi connectivity index (χ2v) is 9.84. The van der Waals surface area contributed by atoms with Crippen LogP contribution in [0.5, 0.6) is 11.5 Å². The normalized spacial score (nSPS) is 17.0. The number of fused-ring (bicyclic) bond motifs is 1. The fourth-order valence-electron chi connectivity index (χ4n) is 4.65. The Bertz CT molecular complexity index is 1550. The number of benzene rings is 3. The molecule has 4 aromatic rings. The molecule has 37 heavy (non-hydrogen) atoms. The summed E-state index contributed by atoms with van der Waals surface area (Å²) in [5.41, 5.74) is 3.88. The number of rotatable bonds is 6. The number of carbonyl (C=O) groups is 2. The Labute approximate surface area is 218 Å². The maximum atomic E-state index is 13.5. The number of ether oxygens (including phenoxy) is 2. The number of ketones is 1. The number of amides is 1. The highest BCUT2D eigenvalue weighted by molar-refractivity contribution is 7.22. The summed E-state index contributed by atoms with van der Waals surface area (Å²) >= 11 is 1.34. The Morgan fingerprint density at radius 3 is 2.51 bits per heavy atom. The summed E-state index contributed by atoms with van der Waals surface area (Å²) in [6.07, 6.45) is 0. The van der Waals surface area contributed by atoms with E-state index in [0.29, 0.717) is 34.4 Å². The summed E-state index contributed by atoms with van der Waals surface area (Å²) in [6, 6.07) is 17.1. The zero-order valence-corrected chi connectivity index (χ0v) is 21.8. The van der Waals surface area contributed by atoms with Crippen molar-refractivity contribution in [1.82, 2.24) is 4.98 Å². The molecule has 1 N–H and O–H groups in total. The number of anilines is 1. The van der Waals surface area contributed by atoms with Crippen LogP contribution in [0.2, 0.25) is 0 Å². The van der Waals surface area contributed by atoms with E-state index in [1.54, 1.807) is 55.6 Å². The molecule has 1 saturated heterocycles. The third kappa shape index (κ3) is 4.34. The average molecular weight is 515 g/mol. The summed E-state index contributed by atoms with van der Waals surface area (Å²) < 4.78 is 11.8. The Hall–Kier alpha value is -4.17. The fraction of sp³-hybridized carbons (Fsp3) is 0.207. The van der Waals surface area contributed by atoms with Crippen molar-refractivity contribution in [1.29, 1.82) is 0 Å². The molecule has 1 aromatic heterocycles. The van der Waals surface area contributed by atoms with Crippen molar-refractivity contribution in [3.8, 4) is 11.5 Å². The van der Waals surface area contributed by atoms with Crippen LogP contribution in [0.3, 0.4) is 0 Å². The van der Waals surface area contributed by atoms with Gasteiger partial charge in [-0.1, -0.05) is 29.5 Å². The van der Waals surface area contributed by atoms with Gasteiger partial charge >= 0.3 is 5.91 Å². The van der Waals surface area contributed by atoms with Crippen molar-refractivity contribution in [2.75, 3.05) is 18.6 Å². The Balaban J connectivity index is 1.71. The van der Waals surface area contributed by atoms with E-state index in [-0.39, 0.29) is 11.3 Å². The van der Waals surface area contributed by atoms with Gasteiger partial charge in [-0.2, -0.15) is 0 Å². The molecule has 1 atom stereocenters. The molecule has 0 radical (unpaired) electrons. The van der Waals surface area contributed by atoms with E-state index < -0.39 is 17.7 Å². The molecular formula is C29H26N2O5S. The highest BCUT2D eigenvalue weighted by Crippen LogP contribution is 2.45. The average Bonchev–Trinajstić information content (AvgIpc) is 3.43. The topological polar surface area (TPSA) is 89.0 Å². The molecule has 7 nitrogen and oxygen atoms in total. The van der Waals surface area contributed by atoms with Crippen molar-refractivity contribution in [2.45, 2.75) is 26.8 Å². The minimum absolute atomic E-state index is 0.00503. The Kier molecular flexibility index (Phi) is 6.43. The van der Waals surface area contributed by atoms with Crippen LogP contribution in [-0.2, 0) is 9.59 Å². The van der Waals surface area contributed by atoms with Gasteiger partial charge in [-0.05, 0) is 79.9 Å². The van der Waals surface area contributed by atoms with Gasteiger partial charge in [-0.25, -0.2) is 4.98 Å². The van der Waals surface area contributed by atoms with Crippen LogP contribution in [-0.4, -0.2) is 35.5 Å². The van der Waals surface area contributed by atoms with Crippen LogP contribution >= 0.6 is 11.3 Å². The number of nitrogens with zero attached hydrogens (tertiary/aromatic N) is 2. The molecule has 3 aromatic carbocycles. The van der Waals surface area contributed by atoms with Gasteiger partial charge in [0.05, 0.1) is 35.5 Å². The van der Waals surface area contributed by atoms with E-state index in [9.17, 15) is 14.7 Å². The first-order valence-corrected chi connectivity index (χ1v) is 12.7. The number of thiazole rings is 1. The lowest BCUT2D eigenvalue weighted by molar-refractivity contribution is -0.132. The standard InChI is InChI=1S/C29H26N2O5S/c1-5-36-20-11-9-18(10-12-20)26(32)23-25(19-7-6-8-21(15-19)35-4)31(28(34)27(23)33)29-30-24-17(3)13-16(2)14-22(24)37-29/h6-15,25,32H,5H2,1-4H3/b26-23+/t25-/m1/s1. The molecule has 0 spiro atoms. The molecule has 188 valence electrons. The first-order valence-electron chi connectivity index (χ1n) is 11.9. The van der Waals surface area contributed by atoms with Gasteiger partial charge in [0.2, 0.25) is 0 Å². The zero-order valence-electron chi connectivity index (χ0n) is 20.9. The number of aryl methyl sites for hydroxylation is 2. The number of carbonyl (C=O) groups excluding carboxylic acids is 2. The van der Waals surface area contributed by atoms with E-state index in [1.807, 2.05) is 32.9 Å². The van der Waals surface area contributed by atoms with Crippen LogP contribution < -0.4 is 14.4 Å². The largest absolute Gasteiger partial charge is 0.507 e. The second kappa shape index (κ2) is 9.71. The summed E-state index contributed by atoms with van der Waals surface area (Å²) in [6.45, 7) is 6.37. The maximum absolute atomic E-state index is 13.5. The molecule has 8 heteroatoms. The molecular weight excluding hydrogens is 488 g/mol. The van der Waals surface area contributed by atoms with Crippen molar-refractivity contribution >= 4 is 44.1 Å². The van der Waals surface area contributed by atoms with E-state index in [4.69, 9.17) is 14.5 Å². The Morgan fingerprint density at radius 1 is 1.05 bits per heavy atom. The maximum Gasteiger partial charge on any atom is 0.301 e. The molecule has 1 amide bonds. The van der Waals surface area contributed by atoms with Gasteiger partial charge in [-0.15, -0.1) is 0 Å². The lowest BCUT2D eigenvalue weighted by Gasteiger charge is -2.23. The first kappa shape index (κ1) is 24.5. The molecule has 2 heterocycles. The molecule has 0 saturated carbocycles. The van der Waals surface area contributed by atoms with Crippen molar-refractivity contribution in [3.05, 3.63) is 88.5 Å². The van der Waals surface area contributed by atoms with Crippen molar-refractivity contribution in [3.63, 3.8) is 0 Å². The van der Waals surface area contributed by atoms with Crippen LogP contribution in [0.15, 0.2) is 66.2 Å². The lowest BCUT2D eigenvalue weighted by Crippen LogP contribution is -2.29. The lowest BCUT2D eigenvalue weighted by atomic mass is 9.95. The summed E-state index contributed by atoms with van der Waals surface area (Å²) in [5, 5.41) is 11.8. The SMILES string of the molecule is CCOc1ccc(/C(O)=C2\C(=O)C(=O)N(c3nc4c(C)cc(C)cc4s3)[C@@H]2c2cccc(OC)c2)cc1. The summed E-state index contributed by atoms with van der Waals surface area (Å²) in [4.78, 5) is 33.1. The summed E-state index contributed by atoms with van der Waals surface area (Å²) in [7, 11) is 1.55. The number of aliphatic hydroxyl groups is 1. The number of methoxy groups -OCH3 is 1. The van der Waals surface area contributed by atoms with E-state index in [1.165, 1.54) is 16.2 Å². The quantitative estimate of drug-likeness (QED) is 0.194. The second-order valence-electron chi connectivity index (χ2n) is 8.83. The van der Waals surface area contributed by atoms with Gasteiger partial charge in [0.15, 0.2) is 5.13 Å². The van der Waals surface area contributed by atoms with E-state index >= 15 is 0 Å². The molecule has 0 aliphatic carbocycles. The van der Waals surface area contributed by atoms with Crippen LogP contribution in [0.4, 0.5) is 5.13 Å². The highest BCUT2D eigenvalue weighted by Gasteiger charge is 2.48. The molecule has 1 aliphatic heterocycles. The number of Topliss-reactive ketones (excluding diaryl/α,β-unsaturated/α-hetero) is 1. The molecule has 5 rings (SSSR count). The monoisotopic (exact) mass is 514 g/mol. The fourth-order valence-corrected chi connectivity index (χ4v) is 5.82. The van der Waals surface area contributed by atoms with Gasteiger partial charge in [0, 0.05) is 5.56 Å². The highest BCUT2D eigenvalue weighted by atomic mass is 32.1. The predicted octanol–water partition coefficient (Wildman–Crippen LogP) is 5.95.